The second-order valence-corrected chi connectivity index (χ2v) is 13.7. The Morgan fingerprint density at radius 2 is 1.85 bits per heavy atom. The summed E-state index contributed by atoms with van der Waals surface area (Å²) in [7, 11) is 1.58. The van der Waals surface area contributed by atoms with Gasteiger partial charge in [-0.05, 0) is 81.6 Å². The molecule has 0 aromatic carbocycles. The third-order valence-electron chi connectivity index (χ3n) is 12.3. The van der Waals surface area contributed by atoms with E-state index in [1.54, 1.807) is 13.2 Å². The minimum absolute atomic E-state index is 0.00781. The largest absolute Gasteiger partial charge is 0.458 e. The molecule has 0 amide bonds. The highest BCUT2D eigenvalue weighted by Crippen LogP contribution is 2.70. The van der Waals surface area contributed by atoms with Crippen molar-refractivity contribution in [3.05, 3.63) is 11.6 Å². The van der Waals surface area contributed by atoms with Gasteiger partial charge in [-0.15, -0.1) is 0 Å². The fourth-order valence-electron chi connectivity index (χ4n) is 10.2. The Kier molecular flexibility index (Phi) is 7.02. The summed E-state index contributed by atoms with van der Waals surface area (Å²) in [5, 5.41) is 45.9. The SMILES string of the molecule is CO[C@@H]1C[C@H](O[C@H]2CC[C@]3(CO)[C@@H]4CC[C@]5(C)[C@@H](C6=CC(=O)OC6)CC[C@]5(O)[C@@H]4CC[C@]3(O)C2)O[C@H](C)[C@H]1O. The van der Waals surface area contributed by atoms with Gasteiger partial charge in [0.25, 0.3) is 0 Å². The van der Waals surface area contributed by atoms with Crippen LogP contribution in [0, 0.1) is 28.6 Å². The third kappa shape index (κ3) is 4.02. The van der Waals surface area contributed by atoms with Crippen LogP contribution in [-0.2, 0) is 23.7 Å². The molecular formula is C30H46O9. The van der Waals surface area contributed by atoms with Gasteiger partial charge in [0.05, 0.1) is 36.1 Å². The van der Waals surface area contributed by atoms with Crippen LogP contribution in [0.15, 0.2) is 11.6 Å². The van der Waals surface area contributed by atoms with Crippen LogP contribution >= 0.6 is 0 Å². The summed E-state index contributed by atoms with van der Waals surface area (Å²) >= 11 is 0. The lowest BCUT2D eigenvalue weighted by atomic mass is 9.41. The van der Waals surface area contributed by atoms with Crippen molar-refractivity contribution in [1.82, 2.24) is 0 Å². The first kappa shape index (κ1) is 28.1. The van der Waals surface area contributed by atoms with E-state index < -0.39 is 35.1 Å². The number of esters is 1. The van der Waals surface area contributed by atoms with E-state index in [9.17, 15) is 25.2 Å². The van der Waals surface area contributed by atoms with E-state index in [4.69, 9.17) is 18.9 Å². The van der Waals surface area contributed by atoms with Crippen LogP contribution in [0.25, 0.3) is 0 Å². The maximum atomic E-state index is 12.4. The normalized spacial score (nSPS) is 53.4. The molecule has 4 aliphatic carbocycles. The fraction of sp³-hybridized carbons (Fsp3) is 0.900. The maximum Gasteiger partial charge on any atom is 0.331 e. The molecule has 39 heavy (non-hydrogen) atoms. The number of methoxy groups -OCH3 is 1. The molecule has 2 aliphatic heterocycles. The molecule has 0 spiro atoms. The zero-order valence-electron chi connectivity index (χ0n) is 23.5. The van der Waals surface area contributed by atoms with Gasteiger partial charge in [0.1, 0.15) is 12.7 Å². The quantitative estimate of drug-likeness (QED) is 0.300. The van der Waals surface area contributed by atoms with E-state index in [0.29, 0.717) is 51.6 Å². The predicted octanol–water partition coefficient (Wildman–Crippen LogP) is 2.23. The van der Waals surface area contributed by atoms with Gasteiger partial charge in [-0.25, -0.2) is 4.79 Å². The van der Waals surface area contributed by atoms with Gasteiger partial charge < -0.3 is 39.4 Å². The smallest absolute Gasteiger partial charge is 0.331 e. The van der Waals surface area contributed by atoms with E-state index in [2.05, 4.69) is 6.92 Å². The van der Waals surface area contributed by atoms with E-state index in [-0.39, 0.29) is 48.0 Å². The lowest BCUT2D eigenvalue weighted by molar-refractivity contribution is -0.298. The summed E-state index contributed by atoms with van der Waals surface area (Å²) in [5.41, 5.74) is -2.06. The van der Waals surface area contributed by atoms with Crippen molar-refractivity contribution >= 4 is 5.97 Å². The summed E-state index contributed by atoms with van der Waals surface area (Å²) in [4.78, 5) is 11.8. The topological polar surface area (TPSA) is 135 Å². The molecule has 0 unspecified atom stereocenters. The third-order valence-corrected chi connectivity index (χ3v) is 12.3. The highest BCUT2D eigenvalue weighted by molar-refractivity contribution is 5.85. The van der Waals surface area contributed by atoms with Crippen LogP contribution in [0.2, 0.25) is 0 Å². The second kappa shape index (κ2) is 9.75. The lowest BCUT2D eigenvalue weighted by Gasteiger charge is -2.66. The Bertz CT molecular complexity index is 1000. The van der Waals surface area contributed by atoms with Crippen LogP contribution in [0.5, 0.6) is 0 Å². The Labute approximate surface area is 230 Å². The zero-order chi connectivity index (χ0) is 27.8. The van der Waals surface area contributed by atoms with Gasteiger partial charge in [-0.1, -0.05) is 6.92 Å². The molecule has 0 aromatic rings. The number of hydrogen-bond acceptors (Lipinski definition) is 9. The Morgan fingerprint density at radius 3 is 2.54 bits per heavy atom. The van der Waals surface area contributed by atoms with Crippen molar-refractivity contribution in [3.63, 3.8) is 0 Å². The van der Waals surface area contributed by atoms with Crippen molar-refractivity contribution < 1.29 is 44.2 Å². The van der Waals surface area contributed by atoms with Crippen molar-refractivity contribution in [2.45, 2.75) is 120 Å². The first-order valence-corrected chi connectivity index (χ1v) is 14.9. The van der Waals surface area contributed by atoms with Crippen molar-refractivity contribution in [2.75, 3.05) is 20.3 Å². The number of aliphatic hydroxyl groups excluding tert-OH is 2. The second-order valence-electron chi connectivity index (χ2n) is 13.7. The molecule has 220 valence electrons. The van der Waals surface area contributed by atoms with Gasteiger partial charge in [0, 0.05) is 36.9 Å². The first-order chi connectivity index (χ1) is 18.5. The number of fused-ring (bicyclic) bond motifs is 5. The van der Waals surface area contributed by atoms with Crippen molar-refractivity contribution in [3.8, 4) is 0 Å². The molecule has 6 rings (SSSR count). The highest BCUT2D eigenvalue weighted by atomic mass is 16.7. The van der Waals surface area contributed by atoms with Gasteiger partial charge in [0.15, 0.2) is 6.29 Å². The first-order valence-electron chi connectivity index (χ1n) is 14.9. The van der Waals surface area contributed by atoms with Gasteiger partial charge in [0.2, 0.25) is 0 Å². The van der Waals surface area contributed by atoms with Gasteiger partial charge in [-0.3, -0.25) is 0 Å². The molecule has 5 fully saturated rings. The molecule has 12 atom stereocenters. The average Bonchev–Trinajstić information content (AvgIpc) is 3.45. The molecule has 9 heteroatoms. The molecule has 4 saturated carbocycles. The van der Waals surface area contributed by atoms with E-state index in [0.717, 1.165) is 24.8 Å². The minimum Gasteiger partial charge on any atom is -0.458 e. The molecule has 0 radical (unpaired) electrons. The number of carbonyl (C=O) groups excluding carboxylic acids is 1. The number of carbonyl (C=O) groups is 1. The Hall–Kier alpha value is -1.07. The van der Waals surface area contributed by atoms with Crippen LogP contribution in [0.4, 0.5) is 0 Å². The van der Waals surface area contributed by atoms with E-state index in [1.165, 1.54) is 0 Å². The lowest BCUT2D eigenvalue weighted by Crippen LogP contribution is -2.69. The summed E-state index contributed by atoms with van der Waals surface area (Å²) in [6.07, 6.45) is 5.82. The summed E-state index contributed by atoms with van der Waals surface area (Å²) in [5.74, 6) is -0.192. The molecule has 0 bridgehead atoms. The highest BCUT2D eigenvalue weighted by Gasteiger charge is 2.71. The Morgan fingerprint density at radius 1 is 1.08 bits per heavy atom. The number of cyclic esters (lactones) is 1. The van der Waals surface area contributed by atoms with Gasteiger partial charge >= 0.3 is 5.97 Å². The maximum absolute atomic E-state index is 12.4. The van der Waals surface area contributed by atoms with Crippen molar-refractivity contribution in [2.24, 2.45) is 28.6 Å². The summed E-state index contributed by atoms with van der Waals surface area (Å²) < 4.78 is 23.0. The minimum atomic E-state index is -1.09. The fourth-order valence-corrected chi connectivity index (χ4v) is 10.2. The molecule has 0 aromatic heterocycles. The summed E-state index contributed by atoms with van der Waals surface area (Å²) in [6, 6.07) is 0. The van der Waals surface area contributed by atoms with E-state index in [1.807, 2.05) is 6.92 Å². The summed E-state index contributed by atoms with van der Waals surface area (Å²) in [6.45, 7) is 4.19. The predicted molar refractivity (Wildman–Crippen MR) is 139 cm³/mol. The average molecular weight is 551 g/mol. The van der Waals surface area contributed by atoms with Crippen LogP contribution in [0.1, 0.15) is 78.1 Å². The van der Waals surface area contributed by atoms with E-state index >= 15 is 0 Å². The standard InChI is InChI=1S/C30H46O9/c1-17-26(33)23(36-3)13-25(38-17)39-19-4-9-28(16-31)21-5-8-27(2)20(18-12-24(32)37-15-18)7-11-30(27,35)22(21)6-10-29(28,34)14-19/h12,17,19-23,25-26,31,33-35H,4-11,13-16H2,1-3H3/t17-,19+,20-,21-,22-,23-,25+,26-,27-,28+,29+,30+/m1/s1. The number of ether oxygens (including phenoxy) is 4. The molecule has 9 nitrogen and oxygen atoms in total. The molecule has 6 aliphatic rings. The van der Waals surface area contributed by atoms with Crippen LogP contribution < -0.4 is 0 Å². The zero-order valence-corrected chi connectivity index (χ0v) is 23.5. The number of rotatable bonds is 5. The molecule has 2 heterocycles. The van der Waals surface area contributed by atoms with Crippen molar-refractivity contribution in [1.29, 1.82) is 0 Å². The van der Waals surface area contributed by atoms with Crippen LogP contribution in [0.3, 0.4) is 0 Å². The molecule has 4 N–H and O–H groups in total. The molecular weight excluding hydrogens is 504 g/mol. The number of aliphatic hydroxyl groups is 4. The Balaban J connectivity index is 1.20. The molecule has 1 saturated heterocycles. The van der Waals surface area contributed by atoms with Gasteiger partial charge in [-0.2, -0.15) is 0 Å². The number of hydrogen-bond donors (Lipinski definition) is 4. The monoisotopic (exact) mass is 550 g/mol. The van der Waals surface area contributed by atoms with Crippen LogP contribution in [-0.4, -0.2) is 88.6 Å².